The Morgan fingerprint density at radius 2 is 1.68 bits per heavy atom. The predicted octanol–water partition coefficient (Wildman–Crippen LogP) is 6.84. The summed E-state index contributed by atoms with van der Waals surface area (Å²) in [4.78, 5) is 26.6. The Hall–Kier alpha value is -3.41. The van der Waals surface area contributed by atoms with Gasteiger partial charge in [-0.2, -0.15) is 0 Å². The topological polar surface area (TPSA) is 71.3 Å². The van der Waals surface area contributed by atoms with Crippen LogP contribution in [0.1, 0.15) is 66.5 Å². The van der Waals surface area contributed by atoms with E-state index in [1.54, 1.807) is 18.2 Å². The summed E-state index contributed by atoms with van der Waals surface area (Å²) in [5.41, 5.74) is 3.23. The summed E-state index contributed by atoms with van der Waals surface area (Å²) in [6.07, 6.45) is 0.454. The molecular weight excluding hydrogens is 496 g/mol. The number of rotatable bonds is 9. The number of aryl methyl sites for hydroxylation is 1. The zero-order valence-electron chi connectivity index (χ0n) is 22.6. The van der Waals surface area contributed by atoms with E-state index in [9.17, 15) is 9.59 Å². The molecule has 1 unspecified atom stereocenters. The minimum Gasteiger partial charge on any atom is -0.459 e. The van der Waals surface area contributed by atoms with Crippen LogP contribution in [0.25, 0.3) is 11.0 Å². The molecule has 1 amide bonds. The van der Waals surface area contributed by atoms with Crippen molar-refractivity contribution in [1.29, 1.82) is 0 Å². The van der Waals surface area contributed by atoms with Crippen LogP contribution in [0.2, 0.25) is 5.02 Å². The molecule has 6 heteroatoms. The lowest BCUT2D eigenvalue weighted by Crippen LogP contribution is -2.51. The van der Waals surface area contributed by atoms with Crippen molar-refractivity contribution in [2.24, 2.45) is 5.92 Å². The average Bonchev–Trinajstić information content (AvgIpc) is 2.86. The van der Waals surface area contributed by atoms with Crippen LogP contribution < -0.4 is 16.1 Å². The first-order chi connectivity index (χ1) is 18.0. The normalized spacial score (nSPS) is 12.6. The number of carbonyl (C=O) groups is 1. The van der Waals surface area contributed by atoms with Crippen molar-refractivity contribution in [1.82, 2.24) is 10.6 Å². The standard InChI is InChI=1S/C32H35ClN2O3/c1-20(2)28(34-19-32(4,5)35-31(37)23-13-11-21(3)12-14-23)30-26(17-22-9-7-6-8-10-22)29(36)25-16-15-24(33)18-27(25)38-30/h6-16,18,20,28,34H,17,19H2,1-5H3,(H,35,37). The third-order valence-electron chi connectivity index (χ3n) is 6.68. The molecule has 0 saturated heterocycles. The maximum absolute atomic E-state index is 13.7. The van der Waals surface area contributed by atoms with Crippen molar-refractivity contribution in [3.8, 4) is 0 Å². The van der Waals surface area contributed by atoms with E-state index < -0.39 is 5.54 Å². The molecule has 1 heterocycles. The Balaban J connectivity index is 1.66. The van der Waals surface area contributed by atoms with Gasteiger partial charge in [0.1, 0.15) is 11.3 Å². The van der Waals surface area contributed by atoms with Crippen LogP contribution in [0.15, 0.2) is 82.0 Å². The van der Waals surface area contributed by atoms with E-state index in [1.165, 1.54) is 0 Å². The lowest BCUT2D eigenvalue weighted by atomic mass is 9.92. The molecule has 3 aromatic carbocycles. The Morgan fingerprint density at radius 1 is 1.00 bits per heavy atom. The van der Waals surface area contributed by atoms with Gasteiger partial charge in [0.25, 0.3) is 5.91 Å². The first-order valence-electron chi connectivity index (χ1n) is 13.0. The number of benzene rings is 3. The van der Waals surface area contributed by atoms with Crippen LogP contribution in [0.4, 0.5) is 0 Å². The lowest BCUT2D eigenvalue weighted by Gasteiger charge is -2.31. The average molecular weight is 531 g/mol. The maximum atomic E-state index is 13.7. The molecule has 1 atom stereocenters. The summed E-state index contributed by atoms with van der Waals surface area (Å²) in [7, 11) is 0. The van der Waals surface area contributed by atoms with E-state index in [1.807, 2.05) is 75.4 Å². The van der Waals surface area contributed by atoms with Gasteiger partial charge < -0.3 is 15.1 Å². The van der Waals surface area contributed by atoms with E-state index in [0.717, 1.165) is 11.1 Å². The second-order valence-electron chi connectivity index (χ2n) is 10.9. The fraction of sp³-hybridized carbons (Fsp3) is 0.312. The molecule has 0 saturated carbocycles. The first-order valence-corrected chi connectivity index (χ1v) is 13.3. The van der Waals surface area contributed by atoms with Gasteiger partial charge in [0.2, 0.25) is 0 Å². The van der Waals surface area contributed by atoms with Crippen LogP contribution in [0, 0.1) is 12.8 Å². The van der Waals surface area contributed by atoms with Crippen molar-refractivity contribution >= 4 is 28.5 Å². The molecule has 4 rings (SSSR count). The van der Waals surface area contributed by atoms with Crippen LogP contribution in [0.3, 0.4) is 0 Å². The molecule has 2 N–H and O–H groups in total. The highest BCUT2D eigenvalue weighted by molar-refractivity contribution is 6.31. The molecule has 0 aliphatic heterocycles. The van der Waals surface area contributed by atoms with E-state index >= 15 is 0 Å². The second-order valence-corrected chi connectivity index (χ2v) is 11.3. The van der Waals surface area contributed by atoms with Crippen molar-refractivity contribution in [3.63, 3.8) is 0 Å². The second kappa shape index (κ2) is 11.5. The molecular formula is C32H35ClN2O3. The molecule has 1 aromatic heterocycles. The van der Waals surface area contributed by atoms with E-state index in [4.69, 9.17) is 16.0 Å². The largest absolute Gasteiger partial charge is 0.459 e. The van der Waals surface area contributed by atoms with E-state index in [0.29, 0.717) is 45.8 Å². The van der Waals surface area contributed by atoms with Gasteiger partial charge in [-0.05, 0) is 56.5 Å². The van der Waals surface area contributed by atoms with Gasteiger partial charge >= 0.3 is 0 Å². The summed E-state index contributed by atoms with van der Waals surface area (Å²) >= 11 is 6.25. The molecule has 5 nitrogen and oxygen atoms in total. The summed E-state index contributed by atoms with van der Waals surface area (Å²) < 4.78 is 6.44. The molecule has 38 heavy (non-hydrogen) atoms. The third-order valence-corrected chi connectivity index (χ3v) is 6.92. The van der Waals surface area contributed by atoms with Crippen LogP contribution in [-0.4, -0.2) is 18.0 Å². The number of amides is 1. The molecule has 0 spiro atoms. The monoisotopic (exact) mass is 530 g/mol. The lowest BCUT2D eigenvalue weighted by molar-refractivity contribution is 0.0909. The number of nitrogens with one attached hydrogen (secondary N) is 2. The highest BCUT2D eigenvalue weighted by atomic mass is 35.5. The van der Waals surface area contributed by atoms with E-state index in [-0.39, 0.29) is 23.3 Å². The summed E-state index contributed by atoms with van der Waals surface area (Å²) in [5.74, 6) is 0.576. The number of halogens is 1. The molecule has 0 bridgehead atoms. The van der Waals surface area contributed by atoms with Crippen molar-refractivity contribution in [3.05, 3.63) is 116 Å². The molecule has 198 valence electrons. The van der Waals surface area contributed by atoms with Crippen molar-refractivity contribution in [2.45, 2.75) is 52.6 Å². The fourth-order valence-electron chi connectivity index (χ4n) is 4.57. The molecule has 0 fully saturated rings. The minimum atomic E-state index is -0.560. The van der Waals surface area contributed by atoms with Crippen LogP contribution in [0.5, 0.6) is 0 Å². The Morgan fingerprint density at radius 3 is 2.34 bits per heavy atom. The van der Waals surface area contributed by atoms with Crippen LogP contribution in [-0.2, 0) is 6.42 Å². The zero-order chi connectivity index (χ0) is 27.4. The van der Waals surface area contributed by atoms with Gasteiger partial charge in [0.05, 0.1) is 11.4 Å². The highest BCUT2D eigenvalue weighted by Gasteiger charge is 2.29. The molecule has 0 aliphatic rings. The molecule has 0 aliphatic carbocycles. The van der Waals surface area contributed by atoms with Gasteiger partial charge in [0, 0.05) is 40.7 Å². The third kappa shape index (κ3) is 6.53. The predicted molar refractivity (Wildman–Crippen MR) is 155 cm³/mol. The smallest absolute Gasteiger partial charge is 0.251 e. The fourth-order valence-corrected chi connectivity index (χ4v) is 4.73. The number of fused-ring (bicyclic) bond motifs is 1. The molecule has 0 radical (unpaired) electrons. The summed E-state index contributed by atoms with van der Waals surface area (Å²) in [5, 5.41) is 7.75. The van der Waals surface area contributed by atoms with Crippen molar-refractivity contribution < 1.29 is 9.21 Å². The van der Waals surface area contributed by atoms with Crippen LogP contribution >= 0.6 is 11.6 Å². The van der Waals surface area contributed by atoms with Gasteiger partial charge in [0.15, 0.2) is 5.43 Å². The number of hydrogen-bond donors (Lipinski definition) is 2. The zero-order valence-corrected chi connectivity index (χ0v) is 23.4. The quantitative estimate of drug-likeness (QED) is 0.248. The number of hydrogen-bond acceptors (Lipinski definition) is 4. The summed E-state index contributed by atoms with van der Waals surface area (Å²) in [6.45, 7) is 10.6. The van der Waals surface area contributed by atoms with Gasteiger partial charge in [-0.3, -0.25) is 9.59 Å². The maximum Gasteiger partial charge on any atom is 0.251 e. The van der Waals surface area contributed by atoms with Gasteiger partial charge in [-0.25, -0.2) is 0 Å². The van der Waals surface area contributed by atoms with Crippen molar-refractivity contribution in [2.75, 3.05) is 6.54 Å². The molecule has 4 aromatic rings. The summed E-state index contributed by atoms with van der Waals surface area (Å²) in [6, 6.07) is 22.3. The van der Waals surface area contributed by atoms with Gasteiger partial charge in [-0.1, -0.05) is 73.5 Å². The Labute approximate surface area is 229 Å². The minimum absolute atomic E-state index is 0.0545. The number of carbonyl (C=O) groups excluding carboxylic acids is 1. The SMILES string of the molecule is Cc1ccc(C(=O)NC(C)(C)CNC(c2oc3cc(Cl)ccc3c(=O)c2Cc2ccccc2)C(C)C)cc1. The highest BCUT2D eigenvalue weighted by Crippen LogP contribution is 2.30. The Bertz CT molecular complexity index is 1470. The first kappa shape index (κ1) is 27.6. The van der Waals surface area contributed by atoms with Gasteiger partial charge in [-0.15, -0.1) is 0 Å². The Kier molecular flexibility index (Phi) is 8.39. The van der Waals surface area contributed by atoms with E-state index in [2.05, 4.69) is 24.5 Å².